The second-order valence-corrected chi connectivity index (χ2v) is 5.12. The molecule has 1 N–H and O–H groups in total. The molecule has 100 valence electrons. The van der Waals surface area contributed by atoms with E-state index in [2.05, 4.69) is 17.1 Å². The van der Waals surface area contributed by atoms with Gasteiger partial charge in [0.2, 0.25) is 0 Å². The van der Waals surface area contributed by atoms with Crippen molar-refractivity contribution < 1.29 is 4.74 Å². The van der Waals surface area contributed by atoms with Crippen molar-refractivity contribution in [1.82, 2.24) is 10.2 Å². The van der Waals surface area contributed by atoms with Gasteiger partial charge in [-0.2, -0.15) is 0 Å². The minimum Gasteiger partial charge on any atom is -0.492 e. The topological polar surface area (TPSA) is 24.5 Å². The number of nitrogens with zero attached hydrogens (tertiary/aromatic N) is 1. The van der Waals surface area contributed by atoms with Crippen molar-refractivity contribution in [2.24, 2.45) is 5.92 Å². The van der Waals surface area contributed by atoms with Gasteiger partial charge in [-0.25, -0.2) is 0 Å². The Morgan fingerprint density at radius 3 is 3.00 bits per heavy atom. The van der Waals surface area contributed by atoms with Gasteiger partial charge in [0, 0.05) is 13.1 Å². The van der Waals surface area contributed by atoms with Crippen molar-refractivity contribution in [1.29, 1.82) is 0 Å². The smallest absolute Gasteiger partial charge is 0.119 e. The van der Waals surface area contributed by atoms with Crippen LogP contribution in [0.25, 0.3) is 0 Å². The molecule has 2 rings (SSSR count). The molecule has 0 spiro atoms. The molecule has 1 aromatic rings. The Labute approximate surface area is 110 Å². The molecule has 0 aliphatic carbocycles. The number of ether oxygens (including phenoxy) is 1. The van der Waals surface area contributed by atoms with Crippen LogP contribution >= 0.6 is 0 Å². The van der Waals surface area contributed by atoms with Crippen molar-refractivity contribution in [3.63, 3.8) is 0 Å². The summed E-state index contributed by atoms with van der Waals surface area (Å²) < 4.78 is 5.76. The van der Waals surface area contributed by atoms with Crippen LogP contribution in [0.3, 0.4) is 0 Å². The molecule has 1 unspecified atom stereocenters. The lowest BCUT2D eigenvalue weighted by Crippen LogP contribution is -2.40. The standard InChI is InChI=1S/C15H24N2O/c1-14-12-16-8-5-9-17(13-14)10-11-18-15-6-3-2-4-7-15/h2-4,6-7,14,16H,5,8-13H2,1H3. The highest BCUT2D eigenvalue weighted by Crippen LogP contribution is 2.09. The van der Waals surface area contributed by atoms with Gasteiger partial charge in [-0.15, -0.1) is 0 Å². The van der Waals surface area contributed by atoms with Crippen LogP contribution in [0, 0.1) is 5.92 Å². The molecular weight excluding hydrogens is 224 g/mol. The molecule has 3 heteroatoms. The molecule has 1 fully saturated rings. The van der Waals surface area contributed by atoms with Crippen LogP contribution in [0.15, 0.2) is 30.3 Å². The molecule has 1 aliphatic heterocycles. The summed E-state index contributed by atoms with van der Waals surface area (Å²) >= 11 is 0. The number of hydrogen-bond acceptors (Lipinski definition) is 3. The van der Waals surface area contributed by atoms with E-state index < -0.39 is 0 Å². The van der Waals surface area contributed by atoms with Gasteiger partial charge in [0.05, 0.1) is 0 Å². The van der Waals surface area contributed by atoms with Crippen molar-refractivity contribution >= 4 is 0 Å². The van der Waals surface area contributed by atoms with Crippen molar-refractivity contribution in [3.8, 4) is 5.75 Å². The zero-order valence-corrected chi connectivity index (χ0v) is 11.3. The van der Waals surface area contributed by atoms with Crippen LogP contribution in [0.4, 0.5) is 0 Å². The van der Waals surface area contributed by atoms with Crippen LogP contribution in [-0.2, 0) is 0 Å². The van der Waals surface area contributed by atoms with E-state index in [-0.39, 0.29) is 0 Å². The summed E-state index contributed by atoms with van der Waals surface area (Å²) in [5.41, 5.74) is 0. The van der Waals surface area contributed by atoms with Gasteiger partial charge in [-0.1, -0.05) is 25.1 Å². The first kappa shape index (κ1) is 13.4. The Bertz CT molecular complexity index is 329. The van der Waals surface area contributed by atoms with Crippen LogP contribution in [0.5, 0.6) is 5.75 Å². The highest BCUT2D eigenvalue weighted by molar-refractivity contribution is 5.20. The first-order valence-corrected chi connectivity index (χ1v) is 6.95. The van der Waals surface area contributed by atoms with Crippen LogP contribution in [0.2, 0.25) is 0 Å². The molecule has 1 aromatic carbocycles. The lowest BCUT2D eigenvalue weighted by atomic mass is 10.1. The molecule has 1 saturated heterocycles. The number of benzene rings is 1. The fourth-order valence-corrected chi connectivity index (χ4v) is 2.39. The summed E-state index contributed by atoms with van der Waals surface area (Å²) in [6.07, 6.45) is 1.23. The SMILES string of the molecule is CC1CNCCCN(CCOc2ccccc2)C1. The summed E-state index contributed by atoms with van der Waals surface area (Å²) in [5.74, 6) is 1.70. The van der Waals surface area contributed by atoms with Gasteiger partial charge in [0.15, 0.2) is 0 Å². The quantitative estimate of drug-likeness (QED) is 0.882. The van der Waals surface area contributed by atoms with Crippen LogP contribution < -0.4 is 10.1 Å². The van der Waals surface area contributed by atoms with Crippen molar-refractivity contribution in [2.75, 3.05) is 39.3 Å². The summed E-state index contributed by atoms with van der Waals surface area (Å²) in [4.78, 5) is 2.52. The molecule has 0 aromatic heterocycles. The van der Waals surface area contributed by atoms with E-state index in [0.29, 0.717) is 0 Å². The predicted molar refractivity (Wildman–Crippen MR) is 75.0 cm³/mol. The Hall–Kier alpha value is -1.06. The molecule has 0 saturated carbocycles. The average molecular weight is 248 g/mol. The Kier molecular flexibility index (Phi) is 5.49. The normalized spacial score (nSPS) is 22.2. The van der Waals surface area contributed by atoms with E-state index in [1.165, 1.54) is 19.5 Å². The second-order valence-electron chi connectivity index (χ2n) is 5.12. The minimum absolute atomic E-state index is 0.724. The fourth-order valence-electron chi connectivity index (χ4n) is 2.39. The molecule has 1 heterocycles. The molecule has 3 nitrogen and oxygen atoms in total. The summed E-state index contributed by atoms with van der Waals surface area (Å²) in [6, 6.07) is 10.1. The van der Waals surface area contributed by atoms with Gasteiger partial charge in [-0.05, 0) is 44.1 Å². The van der Waals surface area contributed by atoms with Crippen molar-refractivity contribution in [2.45, 2.75) is 13.3 Å². The predicted octanol–water partition coefficient (Wildman–Crippen LogP) is 2.00. The van der Waals surface area contributed by atoms with E-state index in [0.717, 1.165) is 37.9 Å². The zero-order valence-electron chi connectivity index (χ0n) is 11.3. The first-order valence-electron chi connectivity index (χ1n) is 6.95. The highest BCUT2D eigenvalue weighted by Gasteiger charge is 2.12. The summed E-state index contributed by atoms with van der Waals surface area (Å²) in [5, 5.41) is 3.48. The van der Waals surface area contributed by atoms with Crippen molar-refractivity contribution in [3.05, 3.63) is 30.3 Å². The van der Waals surface area contributed by atoms with Gasteiger partial charge >= 0.3 is 0 Å². The molecule has 0 amide bonds. The van der Waals surface area contributed by atoms with Gasteiger partial charge in [-0.3, -0.25) is 4.90 Å². The molecule has 1 atom stereocenters. The van der Waals surface area contributed by atoms with Gasteiger partial charge in [0.25, 0.3) is 0 Å². The van der Waals surface area contributed by atoms with Crippen LogP contribution in [-0.4, -0.2) is 44.2 Å². The van der Waals surface area contributed by atoms with Gasteiger partial charge in [0.1, 0.15) is 12.4 Å². The highest BCUT2D eigenvalue weighted by atomic mass is 16.5. The Morgan fingerprint density at radius 1 is 1.33 bits per heavy atom. The fraction of sp³-hybridized carbons (Fsp3) is 0.600. The van der Waals surface area contributed by atoms with E-state index in [1.54, 1.807) is 0 Å². The van der Waals surface area contributed by atoms with E-state index in [9.17, 15) is 0 Å². The number of hydrogen-bond donors (Lipinski definition) is 1. The van der Waals surface area contributed by atoms with E-state index >= 15 is 0 Å². The van der Waals surface area contributed by atoms with E-state index in [4.69, 9.17) is 4.74 Å². The maximum atomic E-state index is 5.76. The lowest BCUT2D eigenvalue weighted by molar-refractivity contribution is 0.177. The Morgan fingerprint density at radius 2 is 2.17 bits per heavy atom. The average Bonchev–Trinajstić information content (AvgIpc) is 2.36. The minimum atomic E-state index is 0.724. The first-order chi connectivity index (χ1) is 8.84. The number of rotatable bonds is 4. The second kappa shape index (κ2) is 7.39. The molecule has 0 radical (unpaired) electrons. The third-order valence-corrected chi connectivity index (χ3v) is 3.31. The Balaban J connectivity index is 1.71. The number of nitrogens with one attached hydrogen (secondary N) is 1. The summed E-state index contributed by atoms with van der Waals surface area (Å²) in [6.45, 7) is 8.74. The maximum absolute atomic E-state index is 5.76. The molecular formula is C15H24N2O. The molecule has 18 heavy (non-hydrogen) atoms. The largest absolute Gasteiger partial charge is 0.492 e. The monoisotopic (exact) mass is 248 g/mol. The van der Waals surface area contributed by atoms with E-state index in [1.807, 2.05) is 30.3 Å². The van der Waals surface area contributed by atoms with Crippen LogP contribution in [0.1, 0.15) is 13.3 Å². The summed E-state index contributed by atoms with van der Waals surface area (Å²) in [7, 11) is 0. The number of para-hydroxylation sites is 1. The third kappa shape index (κ3) is 4.67. The lowest BCUT2D eigenvalue weighted by Gasteiger charge is -2.28. The van der Waals surface area contributed by atoms with Gasteiger partial charge < -0.3 is 10.1 Å². The maximum Gasteiger partial charge on any atom is 0.119 e. The third-order valence-electron chi connectivity index (χ3n) is 3.31. The zero-order chi connectivity index (χ0) is 12.6. The molecule has 0 bridgehead atoms. The molecule has 1 aliphatic rings.